The Morgan fingerprint density at radius 3 is 2.63 bits per heavy atom. The molecule has 0 fully saturated rings. The van der Waals surface area contributed by atoms with E-state index in [0.717, 1.165) is 6.54 Å². The van der Waals surface area contributed by atoms with Gasteiger partial charge in [0.15, 0.2) is 0 Å². The molecular weight excluding hydrogens is 244 g/mol. The van der Waals surface area contributed by atoms with Gasteiger partial charge in [0.2, 0.25) is 11.9 Å². The topological polar surface area (TPSA) is 96.2 Å². The molecule has 0 bridgehead atoms. The zero-order valence-electron chi connectivity index (χ0n) is 11.9. The van der Waals surface area contributed by atoms with Crippen molar-refractivity contribution < 1.29 is 4.79 Å². The highest BCUT2D eigenvalue weighted by atomic mass is 16.2. The van der Waals surface area contributed by atoms with Gasteiger partial charge in [0.25, 0.3) is 0 Å². The number of likely N-dealkylation sites (N-methyl/N-ethyl adjacent to an activating group) is 1. The standard InChI is InChI=1S/C12H22N6O/c1-5-14-9-7-10(17-12(13)16-9)15-8(3)11(19)18(4)6-2/h7-8H,5-6H2,1-4H3,(H4,13,14,15,16,17). The summed E-state index contributed by atoms with van der Waals surface area (Å²) in [5.41, 5.74) is 5.63. The van der Waals surface area contributed by atoms with Gasteiger partial charge in [-0.05, 0) is 20.8 Å². The number of hydrogen-bond donors (Lipinski definition) is 3. The van der Waals surface area contributed by atoms with Crippen molar-refractivity contribution in [1.82, 2.24) is 14.9 Å². The second-order valence-electron chi connectivity index (χ2n) is 4.25. The van der Waals surface area contributed by atoms with Crippen LogP contribution in [0.2, 0.25) is 0 Å². The third kappa shape index (κ3) is 4.27. The van der Waals surface area contributed by atoms with Gasteiger partial charge in [-0.2, -0.15) is 9.97 Å². The van der Waals surface area contributed by atoms with E-state index < -0.39 is 0 Å². The van der Waals surface area contributed by atoms with Crippen molar-refractivity contribution in [2.45, 2.75) is 26.8 Å². The van der Waals surface area contributed by atoms with Crippen LogP contribution in [0.3, 0.4) is 0 Å². The maximum absolute atomic E-state index is 11.9. The van der Waals surface area contributed by atoms with Crippen LogP contribution in [0.5, 0.6) is 0 Å². The molecule has 0 aliphatic rings. The molecule has 1 amide bonds. The summed E-state index contributed by atoms with van der Waals surface area (Å²) in [6, 6.07) is 1.36. The Labute approximate surface area is 113 Å². The molecule has 1 aromatic heterocycles. The highest BCUT2D eigenvalue weighted by molar-refractivity contribution is 5.83. The summed E-state index contributed by atoms with van der Waals surface area (Å²) in [6.07, 6.45) is 0. The number of nitrogens with two attached hydrogens (primary N) is 1. The number of aromatic nitrogens is 2. The van der Waals surface area contributed by atoms with Gasteiger partial charge in [-0.25, -0.2) is 0 Å². The number of rotatable bonds is 6. The molecule has 106 valence electrons. The SMILES string of the molecule is CCNc1cc(NC(C)C(=O)N(C)CC)nc(N)n1. The molecule has 1 rings (SSSR count). The first-order chi connectivity index (χ1) is 8.97. The van der Waals surface area contributed by atoms with Crippen LogP contribution in [0.1, 0.15) is 20.8 Å². The van der Waals surface area contributed by atoms with Gasteiger partial charge in [-0.3, -0.25) is 4.79 Å². The third-order valence-electron chi connectivity index (χ3n) is 2.69. The van der Waals surface area contributed by atoms with Crippen molar-refractivity contribution in [3.63, 3.8) is 0 Å². The Bertz CT molecular complexity index is 436. The molecular formula is C12H22N6O. The van der Waals surface area contributed by atoms with Crippen LogP contribution in [-0.4, -0.2) is 47.0 Å². The molecule has 0 aliphatic heterocycles. The van der Waals surface area contributed by atoms with Crippen molar-refractivity contribution in [3.05, 3.63) is 6.07 Å². The summed E-state index contributed by atoms with van der Waals surface area (Å²) in [7, 11) is 1.76. The molecule has 1 aromatic rings. The highest BCUT2D eigenvalue weighted by Crippen LogP contribution is 2.13. The average molecular weight is 266 g/mol. The fraction of sp³-hybridized carbons (Fsp3) is 0.583. The predicted molar refractivity (Wildman–Crippen MR) is 77.0 cm³/mol. The monoisotopic (exact) mass is 266 g/mol. The summed E-state index contributed by atoms with van der Waals surface area (Å²) in [6.45, 7) is 7.09. The fourth-order valence-corrected chi connectivity index (χ4v) is 1.58. The lowest BCUT2D eigenvalue weighted by molar-refractivity contribution is -0.130. The number of amides is 1. The van der Waals surface area contributed by atoms with E-state index in [1.54, 1.807) is 24.9 Å². The van der Waals surface area contributed by atoms with Gasteiger partial charge >= 0.3 is 0 Å². The zero-order valence-corrected chi connectivity index (χ0v) is 11.9. The molecule has 1 unspecified atom stereocenters. The van der Waals surface area contributed by atoms with Crippen molar-refractivity contribution in [1.29, 1.82) is 0 Å². The van der Waals surface area contributed by atoms with Crippen LogP contribution >= 0.6 is 0 Å². The number of nitrogen functional groups attached to an aromatic ring is 1. The van der Waals surface area contributed by atoms with Crippen LogP contribution in [0.25, 0.3) is 0 Å². The van der Waals surface area contributed by atoms with E-state index in [2.05, 4.69) is 20.6 Å². The molecule has 0 saturated carbocycles. The first-order valence-electron chi connectivity index (χ1n) is 6.37. The minimum absolute atomic E-state index is 0.00434. The molecule has 0 saturated heterocycles. The molecule has 0 aliphatic carbocycles. The Hall–Kier alpha value is -2.05. The lowest BCUT2D eigenvalue weighted by Gasteiger charge is -2.21. The lowest BCUT2D eigenvalue weighted by Crippen LogP contribution is -2.39. The Morgan fingerprint density at radius 2 is 2.05 bits per heavy atom. The predicted octanol–water partition coefficient (Wildman–Crippen LogP) is 0.769. The van der Waals surface area contributed by atoms with E-state index in [1.807, 2.05) is 13.8 Å². The van der Waals surface area contributed by atoms with Crippen molar-refractivity contribution in [2.24, 2.45) is 0 Å². The molecule has 0 radical (unpaired) electrons. The van der Waals surface area contributed by atoms with Gasteiger partial charge in [0.05, 0.1) is 0 Å². The van der Waals surface area contributed by atoms with Crippen LogP contribution in [-0.2, 0) is 4.79 Å². The first-order valence-corrected chi connectivity index (χ1v) is 6.37. The number of nitrogens with zero attached hydrogens (tertiary/aromatic N) is 3. The summed E-state index contributed by atoms with van der Waals surface area (Å²) in [5, 5.41) is 6.09. The average Bonchev–Trinajstić information content (AvgIpc) is 2.36. The van der Waals surface area contributed by atoms with Crippen LogP contribution in [0, 0.1) is 0 Å². The van der Waals surface area contributed by atoms with E-state index >= 15 is 0 Å². The minimum Gasteiger partial charge on any atom is -0.370 e. The molecule has 19 heavy (non-hydrogen) atoms. The van der Waals surface area contributed by atoms with E-state index in [4.69, 9.17) is 5.73 Å². The normalized spacial score (nSPS) is 11.8. The number of hydrogen-bond acceptors (Lipinski definition) is 6. The van der Waals surface area contributed by atoms with Crippen molar-refractivity contribution in [2.75, 3.05) is 36.5 Å². The number of nitrogens with one attached hydrogen (secondary N) is 2. The van der Waals surface area contributed by atoms with Crippen LogP contribution in [0.4, 0.5) is 17.6 Å². The van der Waals surface area contributed by atoms with Gasteiger partial charge < -0.3 is 21.3 Å². The van der Waals surface area contributed by atoms with E-state index in [1.165, 1.54) is 0 Å². The first kappa shape index (κ1) is 15.0. The summed E-state index contributed by atoms with van der Waals surface area (Å²) in [5.74, 6) is 1.35. The van der Waals surface area contributed by atoms with Crippen molar-refractivity contribution in [3.8, 4) is 0 Å². The lowest BCUT2D eigenvalue weighted by atomic mass is 10.3. The fourth-order valence-electron chi connectivity index (χ4n) is 1.58. The molecule has 0 aromatic carbocycles. The zero-order chi connectivity index (χ0) is 14.4. The smallest absolute Gasteiger partial charge is 0.244 e. The van der Waals surface area contributed by atoms with E-state index in [-0.39, 0.29) is 17.9 Å². The molecule has 4 N–H and O–H groups in total. The molecule has 1 heterocycles. The maximum Gasteiger partial charge on any atom is 0.244 e. The summed E-state index contributed by atoms with van der Waals surface area (Å²) in [4.78, 5) is 21.7. The number of carbonyl (C=O) groups is 1. The molecule has 7 heteroatoms. The van der Waals surface area contributed by atoms with Gasteiger partial charge in [-0.1, -0.05) is 0 Å². The number of carbonyl (C=O) groups excluding carboxylic acids is 1. The summed E-state index contributed by atoms with van der Waals surface area (Å²) < 4.78 is 0. The molecule has 0 spiro atoms. The summed E-state index contributed by atoms with van der Waals surface area (Å²) >= 11 is 0. The van der Waals surface area contributed by atoms with Gasteiger partial charge in [0, 0.05) is 26.2 Å². The highest BCUT2D eigenvalue weighted by Gasteiger charge is 2.16. The second-order valence-corrected chi connectivity index (χ2v) is 4.25. The van der Waals surface area contributed by atoms with Crippen LogP contribution < -0.4 is 16.4 Å². The van der Waals surface area contributed by atoms with E-state index in [0.29, 0.717) is 18.2 Å². The molecule has 1 atom stereocenters. The Balaban J connectivity index is 2.78. The quantitative estimate of drug-likeness (QED) is 0.704. The largest absolute Gasteiger partial charge is 0.370 e. The minimum atomic E-state index is -0.367. The number of anilines is 3. The molecule has 7 nitrogen and oxygen atoms in total. The maximum atomic E-state index is 11.9. The third-order valence-corrected chi connectivity index (χ3v) is 2.69. The van der Waals surface area contributed by atoms with E-state index in [9.17, 15) is 4.79 Å². The second kappa shape index (κ2) is 6.77. The van der Waals surface area contributed by atoms with Crippen molar-refractivity contribution >= 4 is 23.5 Å². The van der Waals surface area contributed by atoms with Gasteiger partial charge in [-0.15, -0.1) is 0 Å². The Morgan fingerprint density at radius 1 is 1.42 bits per heavy atom. The van der Waals surface area contributed by atoms with Gasteiger partial charge in [0.1, 0.15) is 17.7 Å². The Kier molecular flexibility index (Phi) is 5.35. The van der Waals surface area contributed by atoms with Crippen LogP contribution in [0.15, 0.2) is 6.07 Å².